The van der Waals surface area contributed by atoms with Crippen molar-refractivity contribution in [2.45, 2.75) is 142 Å². The van der Waals surface area contributed by atoms with E-state index in [0.29, 0.717) is 0 Å². The molecule has 0 fully saturated rings. The van der Waals surface area contributed by atoms with Crippen LogP contribution in [0.2, 0.25) is 0 Å². The summed E-state index contributed by atoms with van der Waals surface area (Å²) in [6, 6.07) is -0.390. The molecule has 0 amide bonds. The number of carboxylic acid groups (broad SMARTS) is 1. The molecule has 0 aliphatic rings. The average molecular weight is 420 g/mol. The van der Waals surface area contributed by atoms with Gasteiger partial charge in [0.1, 0.15) is 0 Å². The van der Waals surface area contributed by atoms with Crippen LogP contribution >= 0.6 is 0 Å². The van der Waals surface area contributed by atoms with E-state index >= 15 is 0 Å². The predicted molar refractivity (Wildman–Crippen MR) is 120 cm³/mol. The maximum atomic E-state index is 11.6. The Morgan fingerprint density at radius 2 is 0.966 bits per heavy atom. The Morgan fingerprint density at radius 3 is 1.28 bits per heavy atom. The Hall–Kier alpha value is 0.430. The third-order valence-electron chi connectivity index (χ3n) is 5.87. The van der Waals surface area contributed by atoms with Gasteiger partial charge in [0.2, 0.25) is 0 Å². The summed E-state index contributed by atoms with van der Waals surface area (Å²) in [5.74, 6) is -0.874. The van der Waals surface area contributed by atoms with Gasteiger partial charge in [0.05, 0.1) is 5.97 Å². The van der Waals surface area contributed by atoms with Gasteiger partial charge >= 0.3 is 29.6 Å². The Morgan fingerprint density at radius 1 is 0.621 bits per heavy atom. The topological polar surface area (TPSA) is 43.4 Å². The maximum absolute atomic E-state index is 11.6. The minimum absolute atomic E-state index is 0. The van der Waals surface area contributed by atoms with E-state index in [2.05, 4.69) is 25.7 Å². The zero-order valence-electron chi connectivity index (χ0n) is 20.5. The summed E-state index contributed by atoms with van der Waals surface area (Å²) in [5.41, 5.74) is 0. The summed E-state index contributed by atoms with van der Waals surface area (Å²) < 4.78 is 0. The van der Waals surface area contributed by atoms with Crippen LogP contribution in [0.4, 0.5) is 0 Å². The normalized spacial score (nSPS) is 12.1. The van der Waals surface area contributed by atoms with Crippen LogP contribution in [0.15, 0.2) is 0 Å². The zero-order chi connectivity index (χ0) is 20.9. The summed E-state index contributed by atoms with van der Waals surface area (Å²) in [6.45, 7) is 8.42. The number of nitrogens with zero attached hydrogens (tertiary/aromatic N) is 1. The summed E-state index contributed by atoms with van der Waals surface area (Å²) in [4.78, 5) is 13.9. The Bertz CT molecular complexity index is 319. The van der Waals surface area contributed by atoms with Gasteiger partial charge in [0.25, 0.3) is 0 Å². The maximum Gasteiger partial charge on any atom is 1.00 e. The molecule has 0 aromatic heterocycles. The van der Waals surface area contributed by atoms with E-state index in [-0.39, 0.29) is 35.6 Å². The van der Waals surface area contributed by atoms with Crippen LogP contribution < -0.4 is 34.7 Å². The summed E-state index contributed by atoms with van der Waals surface area (Å²) in [5, 5.41) is 11.6. The molecule has 29 heavy (non-hydrogen) atoms. The van der Waals surface area contributed by atoms with Gasteiger partial charge in [-0.05, 0) is 32.4 Å². The zero-order valence-corrected chi connectivity index (χ0v) is 22.5. The molecule has 0 aromatic carbocycles. The fourth-order valence-electron chi connectivity index (χ4n) is 4.04. The van der Waals surface area contributed by atoms with Crippen molar-refractivity contribution in [3.05, 3.63) is 0 Å². The van der Waals surface area contributed by atoms with E-state index in [0.717, 1.165) is 38.8 Å². The first-order valence-corrected chi connectivity index (χ1v) is 12.6. The molecule has 0 radical (unpaired) electrons. The molecule has 0 saturated carbocycles. The third kappa shape index (κ3) is 20.1. The Labute approximate surface area is 205 Å². The fourth-order valence-corrected chi connectivity index (χ4v) is 4.04. The number of carbonyl (C=O) groups excluding carboxylic acids is 1. The van der Waals surface area contributed by atoms with Crippen LogP contribution in [0.25, 0.3) is 0 Å². The van der Waals surface area contributed by atoms with Crippen molar-refractivity contribution < 1.29 is 39.5 Å². The fraction of sp³-hybridized carbons (Fsp3) is 0.960. The number of hydrogen-bond acceptors (Lipinski definition) is 3. The molecule has 0 rings (SSSR count). The second kappa shape index (κ2) is 24.7. The van der Waals surface area contributed by atoms with Crippen molar-refractivity contribution >= 4 is 5.97 Å². The van der Waals surface area contributed by atoms with Crippen molar-refractivity contribution in [1.29, 1.82) is 0 Å². The van der Waals surface area contributed by atoms with Gasteiger partial charge in [-0.2, -0.15) is 0 Å². The van der Waals surface area contributed by atoms with Gasteiger partial charge in [-0.25, -0.2) is 0 Å². The van der Waals surface area contributed by atoms with E-state index in [9.17, 15) is 9.90 Å². The molecule has 0 aromatic rings. The SMILES string of the molecule is CCCCCCCCCCN(CCCCCCCCCC)C(CCC)C(=O)[O-].[Na+]. The molecule has 168 valence electrons. The minimum Gasteiger partial charge on any atom is -0.548 e. The van der Waals surface area contributed by atoms with Crippen LogP contribution in [0, 0.1) is 0 Å². The molecular weight excluding hydrogens is 369 g/mol. The van der Waals surface area contributed by atoms with Gasteiger partial charge < -0.3 is 9.90 Å². The van der Waals surface area contributed by atoms with Crippen LogP contribution in [-0.4, -0.2) is 30.0 Å². The largest absolute Gasteiger partial charge is 1.00 e. The molecular formula is C25H50NNaO2. The van der Waals surface area contributed by atoms with Crippen LogP contribution in [-0.2, 0) is 4.79 Å². The van der Waals surface area contributed by atoms with Crippen molar-refractivity contribution in [2.24, 2.45) is 0 Å². The molecule has 0 heterocycles. The van der Waals surface area contributed by atoms with Gasteiger partial charge in [0.15, 0.2) is 0 Å². The molecule has 0 saturated heterocycles. The van der Waals surface area contributed by atoms with E-state index < -0.39 is 5.97 Å². The first kappa shape index (κ1) is 31.6. The number of carbonyl (C=O) groups is 1. The molecule has 4 heteroatoms. The van der Waals surface area contributed by atoms with E-state index in [1.807, 2.05) is 0 Å². The Kier molecular flexibility index (Phi) is 26.9. The Balaban J connectivity index is 0. The van der Waals surface area contributed by atoms with Crippen molar-refractivity contribution in [2.75, 3.05) is 13.1 Å². The molecule has 0 aliphatic heterocycles. The molecule has 0 bridgehead atoms. The van der Waals surface area contributed by atoms with Crippen LogP contribution in [0.3, 0.4) is 0 Å². The molecule has 3 nitrogen and oxygen atoms in total. The number of carboxylic acids is 1. The molecule has 0 aliphatic carbocycles. The minimum atomic E-state index is -0.874. The third-order valence-corrected chi connectivity index (χ3v) is 5.87. The summed E-state index contributed by atoms with van der Waals surface area (Å²) in [7, 11) is 0. The van der Waals surface area contributed by atoms with Gasteiger partial charge in [0, 0.05) is 6.04 Å². The average Bonchev–Trinajstić information content (AvgIpc) is 2.68. The number of rotatable bonds is 22. The van der Waals surface area contributed by atoms with Gasteiger partial charge in [-0.3, -0.25) is 4.90 Å². The molecule has 0 spiro atoms. The van der Waals surface area contributed by atoms with Crippen molar-refractivity contribution in [3.63, 3.8) is 0 Å². The molecule has 0 N–H and O–H groups in total. The summed E-state index contributed by atoms with van der Waals surface area (Å²) >= 11 is 0. The van der Waals surface area contributed by atoms with E-state index in [4.69, 9.17) is 0 Å². The van der Waals surface area contributed by atoms with Gasteiger partial charge in [-0.1, -0.05) is 117 Å². The second-order valence-electron chi connectivity index (χ2n) is 8.61. The van der Waals surface area contributed by atoms with E-state index in [1.165, 1.54) is 89.9 Å². The molecule has 1 unspecified atom stereocenters. The quantitative estimate of drug-likeness (QED) is 0.199. The van der Waals surface area contributed by atoms with Crippen molar-refractivity contribution in [1.82, 2.24) is 4.90 Å². The smallest absolute Gasteiger partial charge is 0.548 e. The van der Waals surface area contributed by atoms with Crippen LogP contribution in [0.5, 0.6) is 0 Å². The van der Waals surface area contributed by atoms with Crippen molar-refractivity contribution in [3.8, 4) is 0 Å². The molecule has 1 atom stereocenters. The predicted octanol–water partition coefficient (Wildman–Crippen LogP) is 3.49. The monoisotopic (exact) mass is 419 g/mol. The second-order valence-corrected chi connectivity index (χ2v) is 8.61. The number of unbranched alkanes of at least 4 members (excludes halogenated alkanes) is 14. The standard InChI is InChI=1S/C25H51NO2.Na/c1-4-7-9-11-13-15-17-19-22-26(24(21-6-3)25(27)28)23-20-18-16-14-12-10-8-5-2;/h24H,4-23H2,1-3H3,(H,27,28);/q;+1/p-1. The van der Waals surface area contributed by atoms with Gasteiger partial charge in [-0.15, -0.1) is 0 Å². The van der Waals surface area contributed by atoms with Crippen LogP contribution in [0.1, 0.15) is 136 Å². The van der Waals surface area contributed by atoms with E-state index in [1.54, 1.807) is 0 Å². The number of hydrogen-bond donors (Lipinski definition) is 0. The number of aliphatic carboxylic acids is 1. The first-order chi connectivity index (χ1) is 13.7. The first-order valence-electron chi connectivity index (χ1n) is 12.6. The summed E-state index contributed by atoms with van der Waals surface area (Å²) in [6.07, 6.45) is 22.3.